The molecule has 0 radical (unpaired) electrons. The van der Waals surface area contributed by atoms with E-state index in [9.17, 15) is 4.39 Å². The van der Waals surface area contributed by atoms with E-state index in [0.717, 1.165) is 29.7 Å². The van der Waals surface area contributed by atoms with Gasteiger partial charge in [0.15, 0.2) is 0 Å². The van der Waals surface area contributed by atoms with Crippen molar-refractivity contribution in [1.29, 1.82) is 0 Å². The number of rotatable bonds is 2. The Morgan fingerprint density at radius 3 is 2.58 bits per heavy atom. The van der Waals surface area contributed by atoms with Gasteiger partial charge in [-0.15, -0.1) is 0 Å². The molecular formula is C16H13FN2. The molecule has 3 heteroatoms. The van der Waals surface area contributed by atoms with Crippen LogP contribution in [0.25, 0.3) is 11.0 Å². The zero-order valence-corrected chi connectivity index (χ0v) is 10.4. The first-order valence-electron chi connectivity index (χ1n) is 6.49. The third-order valence-electron chi connectivity index (χ3n) is 3.97. The van der Waals surface area contributed by atoms with Crippen molar-refractivity contribution in [3.8, 4) is 0 Å². The lowest BCUT2D eigenvalue weighted by Crippen LogP contribution is -2.10. The molecule has 0 saturated heterocycles. The summed E-state index contributed by atoms with van der Waals surface area (Å²) in [5.74, 6) is 0.728. The lowest BCUT2D eigenvalue weighted by Gasteiger charge is -2.12. The maximum atomic E-state index is 13.2. The average Bonchev–Trinajstić information content (AvgIpc) is 3.14. The van der Waals surface area contributed by atoms with Crippen LogP contribution in [-0.4, -0.2) is 9.97 Å². The van der Waals surface area contributed by atoms with Crippen LogP contribution in [0.15, 0.2) is 48.5 Å². The molecule has 0 bridgehead atoms. The molecule has 0 unspecified atom stereocenters. The fraction of sp³-hybridized carbons (Fsp3) is 0.188. The van der Waals surface area contributed by atoms with Gasteiger partial charge >= 0.3 is 0 Å². The number of nitrogens with one attached hydrogen (secondary N) is 1. The van der Waals surface area contributed by atoms with E-state index >= 15 is 0 Å². The Bertz CT molecular complexity index is 742. The minimum absolute atomic E-state index is 0.0107. The van der Waals surface area contributed by atoms with E-state index in [4.69, 9.17) is 0 Å². The molecule has 1 saturated carbocycles. The van der Waals surface area contributed by atoms with Crippen LogP contribution in [0.1, 0.15) is 24.2 Å². The Kier molecular flexibility index (Phi) is 2.07. The van der Waals surface area contributed by atoms with Crippen LogP contribution in [0, 0.1) is 5.82 Å². The van der Waals surface area contributed by atoms with E-state index in [1.54, 1.807) is 6.07 Å². The van der Waals surface area contributed by atoms with Gasteiger partial charge in [-0.05, 0) is 36.6 Å². The summed E-state index contributed by atoms with van der Waals surface area (Å²) in [7, 11) is 0. The number of imidazole rings is 1. The molecular weight excluding hydrogens is 239 g/mol. The number of aromatic nitrogens is 2. The van der Waals surface area contributed by atoms with Crippen molar-refractivity contribution >= 4 is 11.0 Å². The maximum absolute atomic E-state index is 13.2. The van der Waals surface area contributed by atoms with Crippen molar-refractivity contribution in [1.82, 2.24) is 9.97 Å². The molecule has 94 valence electrons. The van der Waals surface area contributed by atoms with Crippen LogP contribution in [0.2, 0.25) is 0 Å². The van der Waals surface area contributed by atoms with Crippen LogP contribution < -0.4 is 0 Å². The molecule has 3 aromatic rings. The van der Waals surface area contributed by atoms with E-state index in [1.165, 1.54) is 17.7 Å². The van der Waals surface area contributed by atoms with Crippen LogP contribution in [0.5, 0.6) is 0 Å². The second-order valence-corrected chi connectivity index (χ2v) is 5.20. The van der Waals surface area contributed by atoms with E-state index in [1.807, 2.05) is 6.07 Å². The van der Waals surface area contributed by atoms with Crippen LogP contribution in [0.3, 0.4) is 0 Å². The fourth-order valence-electron chi connectivity index (χ4n) is 2.75. The minimum atomic E-state index is -0.229. The molecule has 1 aliphatic carbocycles. The zero-order valence-electron chi connectivity index (χ0n) is 10.4. The topological polar surface area (TPSA) is 28.7 Å². The number of halogens is 1. The van der Waals surface area contributed by atoms with Gasteiger partial charge in [0.25, 0.3) is 0 Å². The maximum Gasteiger partial charge on any atom is 0.125 e. The Labute approximate surface area is 110 Å². The quantitative estimate of drug-likeness (QED) is 0.738. The minimum Gasteiger partial charge on any atom is -0.341 e. The Morgan fingerprint density at radius 2 is 1.84 bits per heavy atom. The Hall–Kier alpha value is -2.16. The molecule has 1 N–H and O–H groups in total. The standard InChI is InChI=1S/C16H13FN2/c17-12-6-7-13-14(10-12)19-15(18-13)16(8-9-16)11-4-2-1-3-5-11/h1-7,10H,8-9H2,(H,18,19). The van der Waals surface area contributed by atoms with Gasteiger partial charge < -0.3 is 4.98 Å². The lowest BCUT2D eigenvalue weighted by molar-refractivity contribution is 0.629. The molecule has 1 heterocycles. The molecule has 0 amide bonds. The van der Waals surface area contributed by atoms with E-state index in [2.05, 4.69) is 34.2 Å². The molecule has 19 heavy (non-hydrogen) atoms. The predicted octanol–water partition coefficient (Wildman–Crippen LogP) is 3.78. The highest BCUT2D eigenvalue weighted by Gasteiger charge is 2.48. The molecule has 0 aliphatic heterocycles. The van der Waals surface area contributed by atoms with Crippen molar-refractivity contribution in [3.05, 3.63) is 65.7 Å². The van der Waals surface area contributed by atoms with Gasteiger partial charge in [-0.2, -0.15) is 0 Å². The monoisotopic (exact) mass is 252 g/mol. The summed E-state index contributed by atoms with van der Waals surface area (Å²) in [5, 5.41) is 0. The first-order chi connectivity index (χ1) is 9.28. The summed E-state index contributed by atoms with van der Waals surface area (Å²) in [6.45, 7) is 0. The van der Waals surface area contributed by atoms with Gasteiger partial charge in [0.05, 0.1) is 16.4 Å². The van der Waals surface area contributed by atoms with Crippen molar-refractivity contribution in [3.63, 3.8) is 0 Å². The molecule has 2 aromatic carbocycles. The number of aromatic amines is 1. The third-order valence-corrected chi connectivity index (χ3v) is 3.97. The summed E-state index contributed by atoms with van der Waals surface area (Å²) in [6, 6.07) is 15.1. The normalized spacial score (nSPS) is 16.7. The second kappa shape index (κ2) is 3.67. The largest absolute Gasteiger partial charge is 0.341 e. The van der Waals surface area contributed by atoms with Gasteiger partial charge in [-0.3, -0.25) is 0 Å². The molecule has 0 spiro atoms. The number of H-pyrrole nitrogens is 1. The molecule has 1 aliphatic rings. The van der Waals surface area contributed by atoms with Crippen molar-refractivity contribution in [2.75, 3.05) is 0 Å². The fourth-order valence-corrected chi connectivity index (χ4v) is 2.75. The van der Waals surface area contributed by atoms with Gasteiger partial charge in [0.1, 0.15) is 11.6 Å². The van der Waals surface area contributed by atoms with Crippen LogP contribution in [0.4, 0.5) is 4.39 Å². The number of fused-ring (bicyclic) bond motifs is 1. The van der Waals surface area contributed by atoms with Crippen LogP contribution >= 0.6 is 0 Å². The van der Waals surface area contributed by atoms with Gasteiger partial charge in [0.2, 0.25) is 0 Å². The summed E-state index contributed by atoms with van der Waals surface area (Å²) in [6.07, 6.45) is 2.19. The molecule has 1 fully saturated rings. The SMILES string of the molecule is Fc1ccc2nc(C3(c4ccccc4)CC3)[nH]c2c1. The third kappa shape index (κ3) is 1.58. The number of nitrogens with zero attached hydrogens (tertiary/aromatic N) is 1. The van der Waals surface area contributed by atoms with E-state index in [-0.39, 0.29) is 11.2 Å². The van der Waals surface area contributed by atoms with Crippen molar-refractivity contribution in [2.24, 2.45) is 0 Å². The molecule has 2 nitrogen and oxygen atoms in total. The van der Waals surface area contributed by atoms with Gasteiger partial charge in [-0.1, -0.05) is 30.3 Å². The highest BCUT2D eigenvalue weighted by molar-refractivity contribution is 5.75. The van der Waals surface area contributed by atoms with E-state index < -0.39 is 0 Å². The highest BCUT2D eigenvalue weighted by atomic mass is 19.1. The zero-order chi connectivity index (χ0) is 12.9. The highest BCUT2D eigenvalue weighted by Crippen LogP contribution is 2.52. The summed E-state index contributed by atoms with van der Waals surface area (Å²) >= 11 is 0. The Balaban J connectivity index is 1.86. The first-order valence-corrected chi connectivity index (χ1v) is 6.49. The van der Waals surface area contributed by atoms with Gasteiger partial charge in [-0.25, -0.2) is 9.37 Å². The number of hydrogen-bond acceptors (Lipinski definition) is 1. The lowest BCUT2D eigenvalue weighted by atomic mass is 9.95. The smallest absolute Gasteiger partial charge is 0.125 e. The average molecular weight is 252 g/mol. The van der Waals surface area contributed by atoms with E-state index in [0.29, 0.717) is 0 Å². The summed E-state index contributed by atoms with van der Waals surface area (Å²) < 4.78 is 13.2. The molecule has 4 rings (SSSR count). The van der Waals surface area contributed by atoms with Crippen LogP contribution in [-0.2, 0) is 5.41 Å². The summed E-state index contributed by atoms with van der Waals surface area (Å²) in [4.78, 5) is 7.93. The predicted molar refractivity (Wildman–Crippen MR) is 72.5 cm³/mol. The molecule has 0 atom stereocenters. The van der Waals surface area contributed by atoms with Crippen molar-refractivity contribution < 1.29 is 4.39 Å². The second-order valence-electron chi connectivity index (χ2n) is 5.20. The summed E-state index contributed by atoms with van der Waals surface area (Å²) in [5.41, 5.74) is 2.90. The van der Waals surface area contributed by atoms with Gasteiger partial charge in [0, 0.05) is 0 Å². The number of benzene rings is 2. The van der Waals surface area contributed by atoms with Crippen molar-refractivity contribution in [2.45, 2.75) is 18.3 Å². The molecule has 1 aromatic heterocycles. The first kappa shape index (κ1) is 10.7. The number of hydrogen-bond donors (Lipinski definition) is 1. The Morgan fingerprint density at radius 1 is 1.05 bits per heavy atom.